The SMILES string of the molecule is Cc1cc(C)cc(C(=O)C2CNc3ccccc32)c1. The minimum atomic E-state index is -0.0580. The predicted molar refractivity (Wildman–Crippen MR) is 77.9 cm³/mol. The molecule has 1 aliphatic rings. The number of ketones is 1. The molecule has 2 nitrogen and oxygen atoms in total. The first kappa shape index (κ1) is 12.0. The Balaban J connectivity index is 1.98. The summed E-state index contributed by atoms with van der Waals surface area (Å²) >= 11 is 0. The molecule has 1 heterocycles. The highest BCUT2D eigenvalue weighted by molar-refractivity contribution is 6.03. The molecule has 1 unspecified atom stereocenters. The lowest BCUT2D eigenvalue weighted by Gasteiger charge is -2.10. The van der Waals surface area contributed by atoms with E-state index >= 15 is 0 Å². The van der Waals surface area contributed by atoms with E-state index in [9.17, 15) is 4.79 Å². The molecule has 0 saturated carbocycles. The zero-order chi connectivity index (χ0) is 13.4. The smallest absolute Gasteiger partial charge is 0.172 e. The zero-order valence-electron chi connectivity index (χ0n) is 11.2. The monoisotopic (exact) mass is 251 g/mol. The van der Waals surface area contributed by atoms with Gasteiger partial charge >= 0.3 is 0 Å². The first-order valence-corrected chi connectivity index (χ1v) is 6.60. The average molecular weight is 251 g/mol. The fourth-order valence-corrected chi connectivity index (χ4v) is 2.84. The third-order valence-electron chi connectivity index (χ3n) is 3.66. The van der Waals surface area contributed by atoms with Crippen LogP contribution in [0, 0.1) is 13.8 Å². The number of nitrogens with one attached hydrogen (secondary N) is 1. The largest absolute Gasteiger partial charge is 0.384 e. The third-order valence-corrected chi connectivity index (χ3v) is 3.66. The number of para-hydroxylation sites is 1. The maximum Gasteiger partial charge on any atom is 0.172 e. The highest BCUT2D eigenvalue weighted by atomic mass is 16.1. The summed E-state index contributed by atoms with van der Waals surface area (Å²) in [5.74, 6) is 0.154. The van der Waals surface area contributed by atoms with Crippen LogP contribution >= 0.6 is 0 Å². The van der Waals surface area contributed by atoms with Crippen LogP contribution < -0.4 is 5.32 Å². The van der Waals surface area contributed by atoms with Crippen LogP contribution in [0.15, 0.2) is 42.5 Å². The van der Waals surface area contributed by atoms with Gasteiger partial charge in [-0.2, -0.15) is 0 Å². The molecule has 2 aromatic carbocycles. The summed E-state index contributed by atoms with van der Waals surface area (Å²) in [5, 5.41) is 3.31. The van der Waals surface area contributed by atoms with Gasteiger partial charge in [-0.05, 0) is 37.6 Å². The van der Waals surface area contributed by atoms with Gasteiger partial charge in [0, 0.05) is 17.8 Å². The fraction of sp³-hybridized carbons (Fsp3) is 0.235. The molecule has 19 heavy (non-hydrogen) atoms. The number of aryl methyl sites for hydroxylation is 2. The van der Waals surface area contributed by atoms with Crippen molar-refractivity contribution in [2.24, 2.45) is 0 Å². The van der Waals surface area contributed by atoms with E-state index in [0.29, 0.717) is 6.54 Å². The lowest BCUT2D eigenvalue weighted by molar-refractivity contribution is 0.0966. The van der Waals surface area contributed by atoms with Crippen LogP contribution in [-0.2, 0) is 0 Å². The van der Waals surface area contributed by atoms with E-state index in [1.54, 1.807) is 0 Å². The molecule has 0 aromatic heterocycles. The van der Waals surface area contributed by atoms with Gasteiger partial charge in [-0.1, -0.05) is 35.4 Å². The molecule has 96 valence electrons. The third kappa shape index (κ3) is 2.14. The number of benzene rings is 2. The molecule has 0 fully saturated rings. The van der Waals surface area contributed by atoms with Gasteiger partial charge in [0.1, 0.15) is 0 Å². The van der Waals surface area contributed by atoms with Crippen molar-refractivity contribution in [3.8, 4) is 0 Å². The van der Waals surface area contributed by atoms with Crippen molar-refractivity contribution in [2.75, 3.05) is 11.9 Å². The van der Waals surface area contributed by atoms with Crippen LogP contribution in [-0.4, -0.2) is 12.3 Å². The van der Waals surface area contributed by atoms with E-state index in [1.165, 1.54) is 0 Å². The lowest BCUT2D eigenvalue weighted by atomic mass is 9.91. The quantitative estimate of drug-likeness (QED) is 0.825. The normalized spacial score (nSPS) is 16.8. The predicted octanol–water partition coefficient (Wildman–Crippen LogP) is 3.70. The minimum absolute atomic E-state index is 0.0580. The number of carbonyl (C=O) groups is 1. The molecule has 2 aromatic rings. The van der Waals surface area contributed by atoms with Crippen LogP contribution in [0.4, 0.5) is 5.69 Å². The molecule has 0 bridgehead atoms. The van der Waals surface area contributed by atoms with Crippen molar-refractivity contribution < 1.29 is 4.79 Å². The van der Waals surface area contributed by atoms with E-state index in [1.807, 2.05) is 50.2 Å². The van der Waals surface area contributed by atoms with Gasteiger partial charge in [0.25, 0.3) is 0 Å². The second-order valence-electron chi connectivity index (χ2n) is 5.26. The Morgan fingerprint density at radius 2 is 1.79 bits per heavy atom. The van der Waals surface area contributed by atoms with Gasteiger partial charge in [0.2, 0.25) is 0 Å². The van der Waals surface area contributed by atoms with Crippen molar-refractivity contribution >= 4 is 11.5 Å². The maximum atomic E-state index is 12.7. The van der Waals surface area contributed by atoms with Crippen molar-refractivity contribution in [3.05, 3.63) is 64.7 Å². The topological polar surface area (TPSA) is 29.1 Å². The zero-order valence-corrected chi connectivity index (χ0v) is 11.2. The summed E-state index contributed by atoms with van der Waals surface area (Å²) in [6.45, 7) is 4.76. The lowest BCUT2D eigenvalue weighted by Crippen LogP contribution is -2.15. The maximum absolute atomic E-state index is 12.7. The fourth-order valence-electron chi connectivity index (χ4n) is 2.84. The Morgan fingerprint density at radius 3 is 2.53 bits per heavy atom. The number of hydrogen-bond donors (Lipinski definition) is 1. The summed E-state index contributed by atoms with van der Waals surface area (Å²) < 4.78 is 0. The van der Waals surface area contributed by atoms with Crippen molar-refractivity contribution in [1.82, 2.24) is 0 Å². The molecule has 3 rings (SSSR count). The van der Waals surface area contributed by atoms with Crippen molar-refractivity contribution in [3.63, 3.8) is 0 Å². The number of rotatable bonds is 2. The van der Waals surface area contributed by atoms with E-state index in [4.69, 9.17) is 0 Å². The minimum Gasteiger partial charge on any atom is -0.384 e. The summed E-state index contributed by atoms with van der Waals surface area (Å²) in [4.78, 5) is 12.7. The molecule has 1 atom stereocenters. The molecule has 0 saturated heterocycles. The van der Waals surface area contributed by atoms with E-state index in [-0.39, 0.29) is 11.7 Å². The van der Waals surface area contributed by atoms with Gasteiger partial charge in [-0.15, -0.1) is 0 Å². The van der Waals surface area contributed by atoms with Gasteiger partial charge in [0.15, 0.2) is 5.78 Å². The average Bonchev–Trinajstić information content (AvgIpc) is 2.80. The van der Waals surface area contributed by atoms with Gasteiger partial charge in [-0.3, -0.25) is 4.79 Å². The van der Waals surface area contributed by atoms with Crippen LogP contribution in [0.1, 0.15) is 33.0 Å². The summed E-state index contributed by atoms with van der Waals surface area (Å²) in [5.41, 5.74) is 5.31. The Morgan fingerprint density at radius 1 is 1.11 bits per heavy atom. The molecule has 0 spiro atoms. The van der Waals surface area contributed by atoms with Crippen LogP contribution in [0.3, 0.4) is 0 Å². The number of carbonyl (C=O) groups excluding carboxylic acids is 1. The molecule has 0 aliphatic carbocycles. The molecule has 0 radical (unpaired) electrons. The van der Waals surface area contributed by atoms with Crippen molar-refractivity contribution in [1.29, 1.82) is 0 Å². The first-order valence-electron chi connectivity index (χ1n) is 6.60. The van der Waals surface area contributed by atoms with Gasteiger partial charge in [-0.25, -0.2) is 0 Å². The van der Waals surface area contributed by atoms with Crippen LogP contribution in [0.5, 0.6) is 0 Å². The van der Waals surface area contributed by atoms with Crippen LogP contribution in [0.25, 0.3) is 0 Å². The van der Waals surface area contributed by atoms with Gasteiger partial charge < -0.3 is 5.32 Å². The van der Waals surface area contributed by atoms with Gasteiger partial charge in [0.05, 0.1) is 5.92 Å². The Bertz CT molecular complexity index is 625. The number of hydrogen-bond acceptors (Lipinski definition) is 2. The van der Waals surface area contributed by atoms with E-state index < -0.39 is 0 Å². The van der Waals surface area contributed by atoms with Crippen molar-refractivity contribution in [2.45, 2.75) is 19.8 Å². The standard InChI is InChI=1S/C17H17NO/c1-11-7-12(2)9-13(8-11)17(19)15-10-18-16-6-4-3-5-14(15)16/h3-9,15,18H,10H2,1-2H3. The summed E-state index contributed by atoms with van der Waals surface area (Å²) in [6.07, 6.45) is 0. The molecule has 2 heteroatoms. The molecular weight excluding hydrogens is 234 g/mol. The highest BCUT2D eigenvalue weighted by Gasteiger charge is 2.28. The Labute approximate surface area is 113 Å². The number of anilines is 1. The molecular formula is C17H17NO. The second-order valence-corrected chi connectivity index (χ2v) is 5.26. The Kier molecular flexibility index (Phi) is 2.86. The summed E-state index contributed by atoms with van der Waals surface area (Å²) in [7, 11) is 0. The van der Waals surface area contributed by atoms with Crippen LogP contribution in [0.2, 0.25) is 0 Å². The first-order chi connectivity index (χ1) is 9.15. The molecule has 0 amide bonds. The second kappa shape index (κ2) is 4.54. The van der Waals surface area contributed by atoms with E-state index in [0.717, 1.165) is 27.9 Å². The Hall–Kier alpha value is -2.09. The highest BCUT2D eigenvalue weighted by Crippen LogP contribution is 2.33. The summed E-state index contributed by atoms with van der Waals surface area (Å²) in [6, 6.07) is 14.1. The molecule has 1 N–H and O–H groups in total. The van der Waals surface area contributed by atoms with E-state index in [2.05, 4.69) is 11.4 Å². The number of Topliss-reactive ketones (excluding diaryl/α,β-unsaturated/α-hetero) is 1. The number of fused-ring (bicyclic) bond motifs is 1. The molecule has 1 aliphatic heterocycles.